The Morgan fingerprint density at radius 3 is 2.96 bits per heavy atom. The van der Waals surface area contributed by atoms with Gasteiger partial charge >= 0.3 is 0 Å². The first-order valence-corrected chi connectivity index (χ1v) is 8.97. The molecule has 0 spiro atoms. The van der Waals surface area contributed by atoms with E-state index in [1.807, 2.05) is 0 Å². The molecule has 142 valence electrons. The molecule has 27 heavy (non-hydrogen) atoms. The minimum absolute atomic E-state index is 0.104. The van der Waals surface area contributed by atoms with Gasteiger partial charge in [-0.25, -0.2) is 0 Å². The molecule has 1 aromatic carbocycles. The summed E-state index contributed by atoms with van der Waals surface area (Å²) in [5, 5.41) is 2.90. The number of hydrogen-bond acceptors (Lipinski definition) is 5. The Bertz CT molecular complexity index is 879. The Hall–Kier alpha value is -3.00. The molecule has 8 nitrogen and oxygen atoms in total. The van der Waals surface area contributed by atoms with Gasteiger partial charge in [-0.15, -0.1) is 0 Å². The minimum Gasteiger partial charge on any atom is -0.369 e. The molecular formula is C19H23N5O3. The van der Waals surface area contributed by atoms with Gasteiger partial charge < -0.3 is 20.9 Å². The van der Waals surface area contributed by atoms with Gasteiger partial charge in [-0.05, 0) is 31.5 Å². The van der Waals surface area contributed by atoms with Gasteiger partial charge in [-0.1, -0.05) is 12.1 Å². The lowest BCUT2D eigenvalue weighted by Gasteiger charge is -2.31. The van der Waals surface area contributed by atoms with Crippen LogP contribution in [0.15, 0.2) is 41.5 Å². The van der Waals surface area contributed by atoms with Gasteiger partial charge in [0.15, 0.2) is 0 Å². The summed E-state index contributed by atoms with van der Waals surface area (Å²) in [6.07, 6.45) is 4.52. The average Bonchev–Trinajstić information content (AvgIpc) is 2.68. The van der Waals surface area contributed by atoms with Crippen LogP contribution in [-0.4, -0.2) is 52.9 Å². The smallest absolute Gasteiger partial charge is 0.266 e. The molecular weight excluding hydrogens is 346 g/mol. The summed E-state index contributed by atoms with van der Waals surface area (Å²) in [5.74, 6) is -0.548. The zero-order chi connectivity index (χ0) is 19.2. The summed E-state index contributed by atoms with van der Waals surface area (Å²) in [6.45, 7) is 2.71. The Morgan fingerprint density at radius 2 is 2.19 bits per heavy atom. The van der Waals surface area contributed by atoms with Crippen molar-refractivity contribution in [3.05, 3.63) is 52.6 Å². The summed E-state index contributed by atoms with van der Waals surface area (Å²) in [7, 11) is 0. The van der Waals surface area contributed by atoms with Gasteiger partial charge in [-0.2, -0.15) is 0 Å². The lowest BCUT2D eigenvalue weighted by atomic mass is 9.97. The molecule has 1 aromatic heterocycles. The number of piperidine rings is 1. The van der Waals surface area contributed by atoms with E-state index in [1.165, 1.54) is 6.20 Å². The average molecular weight is 369 g/mol. The molecule has 4 N–H and O–H groups in total. The summed E-state index contributed by atoms with van der Waals surface area (Å²) >= 11 is 0. The SMILES string of the molecule is NC(=O)[C@@H]1CCCN(CCNC(=O)c2cccc(-c3cncc(=O)[nH]3)c2)C1. The predicted molar refractivity (Wildman–Crippen MR) is 101 cm³/mol. The Labute approximate surface area is 156 Å². The molecule has 3 rings (SSSR count). The number of nitrogens with two attached hydrogens (primary N) is 1. The third-order valence-electron chi connectivity index (χ3n) is 4.71. The van der Waals surface area contributed by atoms with Crippen LogP contribution in [0, 0.1) is 5.92 Å². The summed E-state index contributed by atoms with van der Waals surface area (Å²) in [4.78, 5) is 43.9. The zero-order valence-corrected chi connectivity index (χ0v) is 15.0. The monoisotopic (exact) mass is 369 g/mol. The van der Waals surface area contributed by atoms with Gasteiger partial charge in [-0.3, -0.25) is 19.4 Å². The van der Waals surface area contributed by atoms with Crippen LogP contribution in [0.5, 0.6) is 0 Å². The summed E-state index contributed by atoms with van der Waals surface area (Å²) in [5.41, 5.74) is 6.88. The normalized spacial score (nSPS) is 17.4. The van der Waals surface area contributed by atoms with Crippen molar-refractivity contribution in [1.29, 1.82) is 0 Å². The van der Waals surface area contributed by atoms with E-state index < -0.39 is 0 Å². The van der Waals surface area contributed by atoms with Crippen LogP contribution >= 0.6 is 0 Å². The first kappa shape index (κ1) is 18.8. The van der Waals surface area contributed by atoms with E-state index in [0.29, 0.717) is 36.5 Å². The number of likely N-dealkylation sites (tertiary alicyclic amines) is 1. The fraction of sp³-hybridized carbons (Fsp3) is 0.368. The van der Waals surface area contributed by atoms with Gasteiger partial charge in [0.1, 0.15) is 0 Å². The number of H-pyrrole nitrogens is 1. The number of aromatic amines is 1. The van der Waals surface area contributed by atoms with E-state index in [0.717, 1.165) is 19.4 Å². The van der Waals surface area contributed by atoms with E-state index in [4.69, 9.17) is 5.73 Å². The molecule has 8 heteroatoms. The lowest BCUT2D eigenvalue weighted by Crippen LogP contribution is -2.44. The number of nitrogens with zero attached hydrogens (tertiary/aromatic N) is 2. The van der Waals surface area contributed by atoms with Gasteiger partial charge in [0.05, 0.1) is 24.0 Å². The van der Waals surface area contributed by atoms with Crippen molar-refractivity contribution >= 4 is 11.8 Å². The third-order valence-corrected chi connectivity index (χ3v) is 4.71. The van der Waals surface area contributed by atoms with E-state index in [-0.39, 0.29) is 23.3 Å². The number of rotatable bonds is 6. The second-order valence-corrected chi connectivity index (χ2v) is 6.69. The Kier molecular flexibility index (Phi) is 5.97. The molecule has 0 unspecified atom stereocenters. The van der Waals surface area contributed by atoms with Crippen molar-refractivity contribution < 1.29 is 9.59 Å². The van der Waals surface area contributed by atoms with E-state index in [1.54, 1.807) is 30.5 Å². The number of primary amides is 1. The van der Waals surface area contributed by atoms with E-state index in [9.17, 15) is 14.4 Å². The number of benzene rings is 1. The predicted octanol–water partition coefficient (Wildman–Crippen LogP) is 0.364. The molecule has 1 aliphatic rings. The highest BCUT2D eigenvalue weighted by atomic mass is 16.2. The topological polar surface area (TPSA) is 121 Å². The zero-order valence-electron chi connectivity index (χ0n) is 15.0. The van der Waals surface area contributed by atoms with Gasteiger partial charge in [0, 0.05) is 30.8 Å². The summed E-state index contributed by atoms with van der Waals surface area (Å²) in [6, 6.07) is 7.00. The van der Waals surface area contributed by atoms with Crippen LogP contribution in [0.25, 0.3) is 11.3 Å². The maximum atomic E-state index is 12.4. The van der Waals surface area contributed by atoms with E-state index in [2.05, 4.69) is 20.2 Å². The molecule has 0 bridgehead atoms. The molecule has 0 radical (unpaired) electrons. The largest absolute Gasteiger partial charge is 0.369 e. The fourth-order valence-corrected chi connectivity index (χ4v) is 3.27. The number of carbonyl (C=O) groups excluding carboxylic acids is 2. The highest BCUT2D eigenvalue weighted by molar-refractivity contribution is 5.95. The van der Waals surface area contributed by atoms with E-state index >= 15 is 0 Å². The maximum absolute atomic E-state index is 12.4. The molecule has 0 saturated carbocycles. The highest BCUT2D eigenvalue weighted by Gasteiger charge is 2.23. The van der Waals surface area contributed by atoms with Crippen molar-refractivity contribution in [2.75, 3.05) is 26.2 Å². The van der Waals surface area contributed by atoms with Crippen molar-refractivity contribution in [2.45, 2.75) is 12.8 Å². The molecule has 1 saturated heterocycles. The number of aromatic nitrogens is 2. The molecule has 2 heterocycles. The van der Waals surface area contributed by atoms with Crippen molar-refractivity contribution in [2.24, 2.45) is 11.7 Å². The van der Waals surface area contributed by atoms with Crippen molar-refractivity contribution in [3.8, 4) is 11.3 Å². The second kappa shape index (κ2) is 8.59. The first-order valence-electron chi connectivity index (χ1n) is 8.97. The number of carbonyl (C=O) groups is 2. The Morgan fingerprint density at radius 1 is 1.33 bits per heavy atom. The van der Waals surface area contributed by atoms with Gasteiger partial charge in [0.2, 0.25) is 5.91 Å². The van der Waals surface area contributed by atoms with Crippen molar-refractivity contribution in [3.63, 3.8) is 0 Å². The minimum atomic E-state index is -0.293. The quantitative estimate of drug-likeness (QED) is 0.679. The number of nitrogens with one attached hydrogen (secondary N) is 2. The number of amides is 2. The molecule has 1 aliphatic heterocycles. The number of hydrogen-bond donors (Lipinski definition) is 3. The molecule has 2 aromatic rings. The standard InChI is InChI=1S/C19H23N5O3/c20-18(26)15-5-2-7-24(12-15)8-6-22-19(27)14-4-1-3-13(9-14)16-10-21-11-17(25)23-16/h1,3-4,9-11,15H,2,5-8,12H2,(H2,20,26)(H,22,27)(H,23,25)/t15-/m1/s1. The first-order chi connectivity index (χ1) is 13.0. The highest BCUT2D eigenvalue weighted by Crippen LogP contribution is 2.17. The third kappa shape index (κ3) is 5.01. The lowest BCUT2D eigenvalue weighted by molar-refractivity contribution is -0.123. The van der Waals surface area contributed by atoms with Crippen LogP contribution in [0.1, 0.15) is 23.2 Å². The maximum Gasteiger partial charge on any atom is 0.266 e. The van der Waals surface area contributed by atoms with Crippen LogP contribution < -0.4 is 16.6 Å². The van der Waals surface area contributed by atoms with Crippen LogP contribution in [0.2, 0.25) is 0 Å². The van der Waals surface area contributed by atoms with Crippen LogP contribution in [-0.2, 0) is 4.79 Å². The molecule has 0 aliphatic carbocycles. The Balaban J connectivity index is 1.56. The second-order valence-electron chi connectivity index (χ2n) is 6.69. The molecule has 1 fully saturated rings. The molecule has 1 atom stereocenters. The van der Waals surface area contributed by atoms with Crippen LogP contribution in [0.4, 0.5) is 0 Å². The summed E-state index contributed by atoms with van der Waals surface area (Å²) < 4.78 is 0. The molecule has 2 amide bonds. The van der Waals surface area contributed by atoms with Gasteiger partial charge in [0.25, 0.3) is 11.5 Å². The van der Waals surface area contributed by atoms with Crippen molar-refractivity contribution in [1.82, 2.24) is 20.2 Å². The fourth-order valence-electron chi connectivity index (χ4n) is 3.27. The van der Waals surface area contributed by atoms with Crippen LogP contribution in [0.3, 0.4) is 0 Å².